The minimum absolute atomic E-state index is 0.257. The Kier molecular flexibility index (Phi) is 3.89. The van der Waals surface area contributed by atoms with Crippen molar-refractivity contribution < 1.29 is 19.5 Å². The molecule has 0 aromatic carbocycles. The van der Waals surface area contributed by atoms with Gasteiger partial charge >= 0.3 is 5.97 Å². The highest BCUT2D eigenvalue weighted by molar-refractivity contribution is 6.09. The average Bonchev–Trinajstić information content (AvgIpc) is 2.95. The molecule has 5 heteroatoms. The molecule has 2 aliphatic rings. The summed E-state index contributed by atoms with van der Waals surface area (Å²) in [4.78, 5) is 37.9. The summed E-state index contributed by atoms with van der Waals surface area (Å²) >= 11 is 0. The molecule has 2 unspecified atom stereocenters. The van der Waals surface area contributed by atoms with Gasteiger partial charge in [0.2, 0.25) is 11.8 Å². The third kappa shape index (κ3) is 1.86. The number of hydrogen-bond acceptors (Lipinski definition) is 3. The van der Waals surface area contributed by atoms with Gasteiger partial charge in [-0.15, -0.1) is 0 Å². The van der Waals surface area contributed by atoms with Crippen LogP contribution in [0.2, 0.25) is 0 Å². The largest absolute Gasteiger partial charge is 0.479 e. The number of carbonyl (C=O) groups excluding carboxylic acids is 2. The SMILES string of the molecule is CCC1CC2C(=O)N(C(CC)(CC)C(=O)O)C(=O)C2C1. The molecule has 1 saturated heterocycles. The van der Waals surface area contributed by atoms with E-state index in [1.54, 1.807) is 13.8 Å². The van der Waals surface area contributed by atoms with Gasteiger partial charge in [0.05, 0.1) is 11.8 Å². The standard InChI is InChI=1S/C15H23NO4/c1-4-9-7-10-11(8-9)13(18)16(12(10)17)15(5-2,6-3)14(19)20/h9-11H,4-8H2,1-3H3,(H,19,20). The lowest BCUT2D eigenvalue weighted by molar-refractivity contribution is -0.164. The van der Waals surface area contributed by atoms with Crippen LogP contribution in [-0.4, -0.2) is 33.3 Å². The molecule has 2 amide bonds. The number of carboxylic acid groups (broad SMARTS) is 1. The highest BCUT2D eigenvalue weighted by Crippen LogP contribution is 2.47. The molecule has 20 heavy (non-hydrogen) atoms. The van der Waals surface area contributed by atoms with Gasteiger partial charge in [-0.2, -0.15) is 0 Å². The lowest BCUT2D eigenvalue weighted by Gasteiger charge is -2.36. The molecule has 0 aromatic heterocycles. The lowest BCUT2D eigenvalue weighted by Crippen LogP contribution is -2.57. The summed E-state index contributed by atoms with van der Waals surface area (Å²) in [6, 6.07) is 0. The van der Waals surface area contributed by atoms with E-state index >= 15 is 0 Å². The third-order valence-corrected chi connectivity index (χ3v) is 5.31. The van der Waals surface area contributed by atoms with Crippen molar-refractivity contribution in [1.29, 1.82) is 0 Å². The molecule has 1 aliphatic heterocycles. The van der Waals surface area contributed by atoms with Crippen LogP contribution in [0.3, 0.4) is 0 Å². The first-order chi connectivity index (χ1) is 9.42. The predicted octanol–water partition coefficient (Wildman–Crippen LogP) is 2.05. The number of likely N-dealkylation sites (tertiary alicyclic amines) is 1. The van der Waals surface area contributed by atoms with Crippen molar-refractivity contribution >= 4 is 17.8 Å². The fourth-order valence-electron chi connectivity index (χ4n) is 3.85. The zero-order valence-corrected chi connectivity index (χ0v) is 12.4. The quantitative estimate of drug-likeness (QED) is 0.783. The number of carbonyl (C=O) groups is 3. The fourth-order valence-corrected chi connectivity index (χ4v) is 3.85. The van der Waals surface area contributed by atoms with E-state index < -0.39 is 11.5 Å². The third-order valence-electron chi connectivity index (χ3n) is 5.31. The number of amides is 2. The van der Waals surface area contributed by atoms with Gasteiger partial charge in [-0.25, -0.2) is 4.79 Å². The van der Waals surface area contributed by atoms with Crippen LogP contribution in [-0.2, 0) is 14.4 Å². The topological polar surface area (TPSA) is 74.7 Å². The normalized spacial score (nSPS) is 29.9. The highest BCUT2D eigenvalue weighted by Gasteiger charge is 2.59. The van der Waals surface area contributed by atoms with Gasteiger partial charge in [-0.05, 0) is 31.6 Å². The summed E-state index contributed by atoms with van der Waals surface area (Å²) in [5.41, 5.74) is -1.36. The van der Waals surface area contributed by atoms with E-state index in [0.29, 0.717) is 5.92 Å². The van der Waals surface area contributed by atoms with E-state index in [0.717, 1.165) is 24.2 Å². The van der Waals surface area contributed by atoms with Crippen LogP contribution in [0.1, 0.15) is 52.9 Å². The number of carboxylic acids is 1. The predicted molar refractivity (Wildman–Crippen MR) is 72.8 cm³/mol. The maximum absolute atomic E-state index is 12.6. The molecule has 0 bridgehead atoms. The van der Waals surface area contributed by atoms with Crippen LogP contribution >= 0.6 is 0 Å². The highest BCUT2D eigenvalue weighted by atomic mass is 16.4. The molecule has 2 rings (SSSR count). The second kappa shape index (κ2) is 5.19. The Balaban J connectivity index is 2.34. The molecule has 112 valence electrons. The lowest BCUT2D eigenvalue weighted by atomic mass is 9.90. The van der Waals surface area contributed by atoms with Crippen molar-refractivity contribution in [2.75, 3.05) is 0 Å². The Morgan fingerprint density at radius 1 is 1.15 bits per heavy atom. The maximum Gasteiger partial charge on any atom is 0.330 e. The van der Waals surface area contributed by atoms with Crippen molar-refractivity contribution in [3.8, 4) is 0 Å². The summed E-state index contributed by atoms with van der Waals surface area (Å²) in [6.07, 6.45) is 2.94. The van der Waals surface area contributed by atoms with Gasteiger partial charge in [0, 0.05) is 0 Å². The van der Waals surface area contributed by atoms with E-state index in [4.69, 9.17) is 0 Å². The molecule has 1 saturated carbocycles. The second-order valence-corrected chi connectivity index (χ2v) is 6.01. The zero-order valence-electron chi connectivity index (χ0n) is 12.4. The van der Waals surface area contributed by atoms with Crippen LogP contribution < -0.4 is 0 Å². The number of imide groups is 1. The van der Waals surface area contributed by atoms with E-state index in [1.807, 2.05) is 0 Å². The van der Waals surface area contributed by atoms with Gasteiger partial charge in [0.25, 0.3) is 0 Å². The number of nitrogens with zero attached hydrogens (tertiary/aromatic N) is 1. The summed E-state index contributed by atoms with van der Waals surface area (Å²) in [7, 11) is 0. The van der Waals surface area contributed by atoms with E-state index in [1.165, 1.54) is 0 Å². The molecule has 1 aliphatic carbocycles. The van der Waals surface area contributed by atoms with Gasteiger partial charge in [0.1, 0.15) is 5.54 Å². The van der Waals surface area contributed by atoms with Gasteiger partial charge in [-0.1, -0.05) is 27.2 Å². The molecule has 2 fully saturated rings. The van der Waals surface area contributed by atoms with Crippen molar-refractivity contribution in [2.45, 2.75) is 58.4 Å². The fraction of sp³-hybridized carbons (Fsp3) is 0.800. The van der Waals surface area contributed by atoms with Crippen molar-refractivity contribution in [3.05, 3.63) is 0 Å². The van der Waals surface area contributed by atoms with E-state index in [-0.39, 0.29) is 36.5 Å². The molecule has 0 aromatic rings. The Morgan fingerprint density at radius 3 is 1.90 bits per heavy atom. The van der Waals surface area contributed by atoms with Crippen LogP contribution in [0.25, 0.3) is 0 Å². The first-order valence-corrected chi connectivity index (χ1v) is 7.54. The van der Waals surface area contributed by atoms with Gasteiger partial charge in [-0.3, -0.25) is 14.5 Å². The zero-order chi connectivity index (χ0) is 15.1. The van der Waals surface area contributed by atoms with Crippen LogP contribution in [0.5, 0.6) is 0 Å². The van der Waals surface area contributed by atoms with Gasteiger partial charge in [0.15, 0.2) is 0 Å². The number of rotatable bonds is 5. The van der Waals surface area contributed by atoms with Gasteiger partial charge < -0.3 is 5.11 Å². The van der Waals surface area contributed by atoms with Crippen LogP contribution in [0.15, 0.2) is 0 Å². The summed E-state index contributed by atoms with van der Waals surface area (Å²) in [5.74, 6) is -1.75. The molecule has 0 radical (unpaired) electrons. The van der Waals surface area contributed by atoms with Crippen molar-refractivity contribution in [3.63, 3.8) is 0 Å². The molecule has 2 atom stereocenters. The number of fused-ring (bicyclic) bond motifs is 1. The molecule has 1 heterocycles. The minimum atomic E-state index is -1.36. The Labute approximate surface area is 119 Å². The summed E-state index contributed by atoms with van der Waals surface area (Å²) in [5, 5.41) is 9.54. The van der Waals surface area contributed by atoms with Crippen molar-refractivity contribution in [1.82, 2.24) is 4.90 Å². The van der Waals surface area contributed by atoms with Crippen LogP contribution in [0, 0.1) is 17.8 Å². The van der Waals surface area contributed by atoms with E-state index in [2.05, 4.69) is 6.92 Å². The minimum Gasteiger partial charge on any atom is -0.479 e. The Morgan fingerprint density at radius 2 is 1.60 bits per heavy atom. The smallest absolute Gasteiger partial charge is 0.330 e. The number of aliphatic carboxylic acids is 1. The monoisotopic (exact) mass is 281 g/mol. The second-order valence-electron chi connectivity index (χ2n) is 6.01. The molecule has 0 spiro atoms. The summed E-state index contributed by atoms with van der Waals surface area (Å²) < 4.78 is 0. The first-order valence-electron chi connectivity index (χ1n) is 7.54. The first kappa shape index (κ1) is 15.0. The Bertz CT molecular complexity index is 417. The Hall–Kier alpha value is -1.39. The average molecular weight is 281 g/mol. The van der Waals surface area contributed by atoms with Crippen molar-refractivity contribution in [2.24, 2.45) is 17.8 Å². The number of hydrogen-bond donors (Lipinski definition) is 1. The molecular weight excluding hydrogens is 258 g/mol. The summed E-state index contributed by atoms with van der Waals surface area (Å²) in [6.45, 7) is 5.51. The maximum atomic E-state index is 12.6. The molecule has 1 N–H and O–H groups in total. The van der Waals surface area contributed by atoms with Crippen LogP contribution in [0.4, 0.5) is 0 Å². The molecule has 5 nitrogen and oxygen atoms in total. The van der Waals surface area contributed by atoms with E-state index in [9.17, 15) is 19.5 Å². The molecular formula is C15H23NO4.